The fourth-order valence-corrected chi connectivity index (χ4v) is 4.25. The maximum absolute atomic E-state index is 11.3. The van der Waals surface area contributed by atoms with Crippen LogP contribution in [0.5, 0.6) is 0 Å². The number of nitrogens with zero attached hydrogens (tertiary/aromatic N) is 2. The first-order valence-corrected chi connectivity index (χ1v) is 13.0. The van der Waals surface area contributed by atoms with E-state index in [0.29, 0.717) is 38.9 Å². The standard InChI is InChI=1S/C10H9N3O3.C10H11N3O.C9H6N2O4/c1-11-10(14)9-5-6-4-7(13(15)16)2-3-8(6)12-9;1-12-10(14)9-5-6-4-7(11)2-3-8(6)13-9;12-9(13)8-4-5-3-6(11(14)15)1-2-7(5)10-8/h2-5,12H,1H3,(H,11,14);2-5,13H,11H2,1H3,(H,12,14);1-4,10H,(H,12,13). The number of amides is 2. The number of rotatable bonds is 5. The van der Waals surface area contributed by atoms with E-state index in [0.717, 1.165) is 10.9 Å². The largest absolute Gasteiger partial charge is 0.477 e. The Labute approximate surface area is 252 Å². The van der Waals surface area contributed by atoms with Crippen LogP contribution in [0.4, 0.5) is 17.1 Å². The van der Waals surface area contributed by atoms with E-state index in [1.165, 1.54) is 43.4 Å². The molecule has 3 aromatic carbocycles. The SMILES string of the molecule is CNC(=O)c1cc2cc(N)ccc2[nH]1.CNC(=O)c1cc2cc([N+](=O)[O-])ccc2[nH]1.O=C(O)c1cc2cc([N+](=O)[O-])ccc2[nH]1. The quantitative estimate of drug-likeness (QED) is 0.0827. The molecule has 16 nitrogen and oxygen atoms in total. The summed E-state index contributed by atoms with van der Waals surface area (Å²) in [5, 5.41) is 36.9. The molecule has 0 fully saturated rings. The van der Waals surface area contributed by atoms with Gasteiger partial charge in [-0.25, -0.2) is 4.79 Å². The van der Waals surface area contributed by atoms with Crippen molar-refractivity contribution in [2.24, 2.45) is 0 Å². The summed E-state index contributed by atoms with van der Waals surface area (Å²) in [5.74, 6) is -1.47. The number of nitro groups is 2. The maximum atomic E-state index is 11.3. The molecule has 0 aliphatic heterocycles. The number of nitro benzene ring substituents is 2. The van der Waals surface area contributed by atoms with Crippen LogP contribution in [0.2, 0.25) is 0 Å². The predicted octanol–water partition coefficient (Wildman–Crippen LogP) is 4.32. The second-order valence-electron chi connectivity index (χ2n) is 9.42. The lowest BCUT2D eigenvalue weighted by molar-refractivity contribution is -0.384. The Bertz CT molecular complexity index is 2080. The molecule has 3 aromatic heterocycles. The smallest absolute Gasteiger partial charge is 0.352 e. The van der Waals surface area contributed by atoms with Gasteiger partial charge in [0.05, 0.1) is 9.85 Å². The minimum atomic E-state index is -1.09. The van der Waals surface area contributed by atoms with Crippen molar-refractivity contribution in [3.05, 3.63) is 110 Å². The van der Waals surface area contributed by atoms with Gasteiger partial charge in [0.1, 0.15) is 17.1 Å². The first kappa shape index (κ1) is 31.2. The number of aromatic carboxylic acids is 1. The molecule has 8 N–H and O–H groups in total. The van der Waals surface area contributed by atoms with E-state index in [2.05, 4.69) is 25.6 Å². The summed E-state index contributed by atoms with van der Waals surface area (Å²) in [6.45, 7) is 0. The molecule has 0 radical (unpaired) electrons. The average molecular weight is 615 g/mol. The average Bonchev–Trinajstić information content (AvgIpc) is 3.76. The van der Waals surface area contributed by atoms with Crippen LogP contribution >= 0.6 is 0 Å². The van der Waals surface area contributed by atoms with Crippen molar-refractivity contribution in [1.82, 2.24) is 25.6 Å². The highest BCUT2D eigenvalue weighted by molar-refractivity contribution is 5.99. The van der Waals surface area contributed by atoms with E-state index in [1.807, 2.05) is 12.1 Å². The number of hydrogen-bond acceptors (Lipinski definition) is 8. The fourth-order valence-electron chi connectivity index (χ4n) is 4.25. The van der Waals surface area contributed by atoms with E-state index < -0.39 is 15.8 Å². The molecule has 0 saturated heterocycles. The second-order valence-corrected chi connectivity index (χ2v) is 9.42. The third-order valence-electron chi connectivity index (χ3n) is 6.45. The molecule has 3 heterocycles. The van der Waals surface area contributed by atoms with Crippen LogP contribution in [0.1, 0.15) is 31.5 Å². The van der Waals surface area contributed by atoms with Crippen molar-refractivity contribution in [2.45, 2.75) is 0 Å². The summed E-state index contributed by atoms with van der Waals surface area (Å²) >= 11 is 0. The van der Waals surface area contributed by atoms with Gasteiger partial charge in [-0.3, -0.25) is 29.8 Å². The highest BCUT2D eigenvalue weighted by atomic mass is 16.6. The fraction of sp³-hybridized carbons (Fsp3) is 0.0690. The molecule has 230 valence electrons. The molecule has 16 heteroatoms. The molecule has 0 aliphatic carbocycles. The number of H-pyrrole nitrogens is 3. The van der Waals surface area contributed by atoms with Crippen LogP contribution in [0.15, 0.2) is 72.8 Å². The van der Waals surface area contributed by atoms with Crippen LogP contribution < -0.4 is 16.4 Å². The molecule has 0 aliphatic rings. The van der Waals surface area contributed by atoms with Crippen LogP contribution in [0.25, 0.3) is 32.7 Å². The zero-order valence-electron chi connectivity index (χ0n) is 23.7. The summed E-state index contributed by atoms with van der Waals surface area (Å²) < 4.78 is 0. The number of nitrogens with one attached hydrogen (secondary N) is 5. The number of carboxylic acids is 1. The Kier molecular flexibility index (Phi) is 9.07. The number of hydrogen-bond donors (Lipinski definition) is 7. The number of carbonyl (C=O) groups is 3. The van der Waals surface area contributed by atoms with Crippen LogP contribution in [-0.4, -0.2) is 61.8 Å². The van der Waals surface area contributed by atoms with Crippen LogP contribution in [0.3, 0.4) is 0 Å². The van der Waals surface area contributed by atoms with Gasteiger partial charge in [-0.05, 0) is 48.5 Å². The molecule has 6 aromatic rings. The van der Waals surface area contributed by atoms with Crippen molar-refractivity contribution >= 4 is 67.6 Å². The summed E-state index contributed by atoms with van der Waals surface area (Å²) in [4.78, 5) is 61.8. The molecule has 0 saturated carbocycles. The molecule has 45 heavy (non-hydrogen) atoms. The molecular formula is C29H26N8O8. The number of carbonyl (C=O) groups excluding carboxylic acids is 2. The Hall–Kier alpha value is -6.71. The zero-order chi connectivity index (χ0) is 32.8. The molecule has 0 atom stereocenters. The number of nitrogen functional groups attached to an aromatic ring is 1. The third-order valence-corrected chi connectivity index (χ3v) is 6.45. The Morgan fingerprint density at radius 1 is 0.644 bits per heavy atom. The summed E-state index contributed by atoms with van der Waals surface area (Å²) in [6, 6.07) is 18.8. The van der Waals surface area contributed by atoms with Gasteiger partial charge in [-0.1, -0.05) is 0 Å². The minimum Gasteiger partial charge on any atom is -0.477 e. The summed E-state index contributed by atoms with van der Waals surface area (Å²) in [7, 11) is 3.12. The summed E-state index contributed by atoms with van der Waals surface area (Å²) in [6.07, 6.45) is 0. The van der Waals surface area contributed by atoms with Gasteiger partial charge in [0, 0.05) is 76.8 Å². The van der Waals surface area contributed by atoms with Crippen LogP contribution in [-0.2, 0) is 0 Å². The lowest BCUT2D eigenvalue weighted by atomic mass is 10.2. The van der Waals surface area contributed by atoms with Crippen molar-refractivity contribution in [2.75, 3.05) is 19.8 Å². The minimum absolute atomic E-state index is 0.00922. The van der Waals surface area contributed by atoms with E-state index in [4.69, 9.17) is 10.8 Å². The number of nitrogens with two attached hydrogens (primary N) is 1. The van der Waals surface area contributed by atoms with Crippen LogP contribution in [0, 0.1) is 20.2 Å². The number of anilines is 1. The first-order chi connectivity index (χ1) is 21.4. The highest BCUT2D eigenvalue weighted by Crippen LogP contribution is 2.23. The normalized spacial score (nSPS) is 10.4. The number of non-ortho nitro benzene ring substituents is 2. The van der Waals surface area contributed by atoms with Gasteiger partial charge >= 0.3 is 5.97 Å². The second kappa shape index (κ2) is 13.1. The molecule has 0 spiro atoms. The molecule has 0 bridgehead atoms. The Morgan fingerprint density at radius 3 is 1.42 bits per heavy atom. The Balaban J connectivity index is 0.000000154. The number of benzene rings is 3. The lowest BCUT2D eigenvalue weighted by Crippen LogP contribution is -2.17. The van der Waals surface area contributed by atoms with Gasteiger partial charge in [-0.2, -0.15) is 0 Å². The van der Waals surface area contributed by atoms with Crippen molar-refractivity contribution in [1.29, 1.82) is 0 Å². The highest BCUT2D eigenvalue weighted by Gasteiger charge is 2.12. The third kappa shape index (κ3) is 7.20. The van der Waals surface area contributed by atoms with Gasteiger partial charge < -0.3 is 36.4 Å². The molecule has 0 unspecified atom stereocenters. The summed E-state index contributed by atoms with van der Waals surface area (Å²) in [5.41, 5.74) is 9.41. The number of fused-ring (bicyclic) bond motifs is 3. The van der Waals surface area contributed by atoms with Gasteiger partial charge in [0.2, 0.25) is 0 Å². The number of carboxylic acid groups (broad SMARTS) is 1. The topological polar surface area (TPSA) is 255 Å². The molecule has 2 amide bonds. The first-order valence-electron chi connectivity index (χ1n) is 13.0. The molecule has 6 rings (SSSR count). The lowest BCUT2D eigenvalue weighted by Gasteiger charge is -1.92. The van der Waals surface area contributed by atoms with Crippen molar-refractivity contribution in [3.63, 3.8) is 0 Å². The van der Waals surface area contributed by atoms with Gasteiger partial charge in [0.25, 0.3) is 23.2 Å². The van der Waals surface area contributed by atoms with Gasteiger partial charge in [0.15, 0.2) is 0 Å². The predicted molar refractivity (Wildman–Crippen MR) is 166 cm³/mol. The maximum Gasteiger partial charge on any atom is 0.352 e. The van der Waals surface area contributed by atoms with Crippen molar-refractivity contribution < 1.29 is 29.3 Å². The van der Waals surface area contributed by atoms with E-state index in [9.17, 15) is 34.6 Å². The molecular weight excluding hydrogens is 588 g/mol. The van der Waals surface area contributed by atoms with E-state index in [1.54, 1.807) is 31.3 Å². The van der Waals surface area contributed by atoms with E-state index >= 15 is 0 Å². The van der Waals surface area contributed by atoms with Gasteiger partial charge in [-0.15, -0.1) is 0 Å². The Morgan fingerprint density at radius 2 is 1.02 bits per heavy atom. The monoisotopic (exact) mass is 614 g/mol. The van der Waals surface area contributed by atoms with E-state index in [-0.39, 0.29) is 28.9 Å². The number of aromatic amines is 3. The van der Waals surface area contributed by atoms with Crippen molar-refractivity contribution in [3.8, 4) is 0 Å². The number of aromatic nitrogens is 3. The zero-order valence-corrected chi connectivity index (χ0v) is 23.7.